The second-order valence-electron chi connectivity index (χ2n) is 4.33. The Morgan fingerprint density at radius 1 is 1.44 bits per heavy atom. The van der Waals surface area contributed by atoms with E-state index < -0.39 is 11.7 Å². The molecule has 0 unspecified atom stereocenters. The molecule has 0 atom stereocenters. The molecule has 100 valence electrons. The molecular weight excluding hydrogens is 236 g/mol. The van der Waals surface area contributed by atoms with Crippen molar-refractivity contribution in [3.63, 3.8) is 0 Å². The number of amides is 2. The molecule has 7 heteroatoms. The molecule has 0 aliphatic heterocycles. The van der Waals surface area contributed by atoms with Crippen LogP contribution in [0.5, 0.6) is 0 Å². The van der Waals surface area contributed by atoms with Gasteiger partial charge in [0.1, 0.15) is 5.60 Å². The van der Waals surface area contributed by atoms with Crippen molar-refractivity contribution in [3.05, 3.63) is 18.5 Å². The first kappa shape index (κ1) is 14.0. The van der Waals surface area contributed by atoms with Crippen LogP contribution in [0.4, 0.5) is 9.59 Å². The molecule has 1 aromatic rings. The van der Waals surface area contributed by atoms with Crippen molar-refractivity contribution in [1.29, 1.82) is 0 Å². The molecule has 0 aromatic carbocycles. The minimum absolute atomic E-state index is 0.309. The van der Waals surface area contributed by atoms with E-state index >= 15 is 0 Å². The quantitative estimate of drug-likeness (QED) is 0.838. The first-order valence-electron chi connectivity index (χ1n) is 5.63. The van der Waals surface area contributed by atoms with Crippen LogP contribution in [0.1, 0.15) is 20.3 Å². The highest BCUT2D eigenvalue weighted by Gasteiger charge is 2.22. The fourth-order valence-electron chi connectivity index (χ4n) is 1.29. The predicted molar refractivity (Wildman–Crippen MR) is 65.3 cm³/mol. The Labute approximate surface area is 105 Å². The van der Waals surface area contributed by atoms with E-state index in [-0.39, 0.29) is 6.03 Å². The highest BCUT2D eigenvalue weighted by molar-refractivity contribution is 5.75. The van der Waals surface area contributed by atoms with Crippen LogP contribution in [-0.2, 0) is 4.74 Å². The van der Waals surface area contributed by atoms with Crippen molar-refractivity contribution in [2.75, 3.05) is 13.6 Å². The van der Waals surface area contributed by atoms with E-state index in [0.29, 0.717) is 13.0 Å². The molecule has 0 spiro atoms. The number of carbonyl (C=O) groups is 2. The summed E-state index contributed by atoms with van der Waals surface area (Å²) in [6, 6.07) is 1.36. The average molecular weight is 254 g/mol. The summed E-state index contributed by atoms with van der Waals surface area (Å²) in [6.07, 6.45) is 3.10. The van der Waals surface area contributed by atoms with E-state index in [4.69, 9.17) is 4.74 Å². The van der Waals surface area contributed by atoms with Crippen molar-refractivity contribution >= 4 is 12.1 Å². The number of aromatic nitrogens is 2. The number of rotatable bonds is 4. The Morgan fingerprint density at radius 2 is 2.17 bits per heavy atom. The standard InChI is InChI=1S/C11H18N4O3/c1-11(2,18-10(17)12-3)5-7-13-9(16)15-8-4-6-14-15/h4,6,8H,5,7H2,1-3H3,(H,12,17)(H,13,16). The summed E-state index contributed by atoms with van der Waals surface area (Å²) in [5, 5.41) is 8.86. The van der Waals surface area contributed by atoms with Crippen LogP contribution >= 0.6 is 0 Å². The van der Waals surface area contributed by atoms with Gasteiger partial charge in [-0.15, -0.1) is 0 Å². The van der Waals surface area contributed by atoms with E-state index in [2.05, 4.69) is 15.7 Å². The van der Waals surface area contributed by atoms with Crippen molar-refractivity contribution in [2.45, 2.75) is 25.9 Å². The molecule has 1 heterocycles. The fraction of sp³-hybridized carbons (Fsp3) is 0.545. The number of nitrogens with one attached hydrogen (secondary N) is 2. The summed E-state index contributed by atoms with van der Waals surface area (Å²) in [4.78, 5) is 22.6. The van der Waals surface area contributed by atoms with E-state index in [9.17, 15) is 9.59 Å². The summed E-state index contributed by atoms with van der Waals surface area (Å²) in [5.41, 5.74) is -0.641. The maximum atomic E-state index is 11.5. The highest BCUT2D eigenvalue weighted by atomic mass is 16.6. The van der Waals surface area contributed by atoms with Crippen LogP contribution in [0, 0.1) is 0 Å². The molecule has 0 bridgehead atoms. The van der Waals surface area contributed by atoms with Gasteiger partial charge >= 0.3 is 12.1 Å². The third-order valence-corrected chi connectivity index (χ3v) is 2.29. The Balaban J connectivity index is 2.32. The summed E-state index contributed by atoms with van der Waals surface area (Å²) in [6.45, 7) is 3.95. The van der Waals surface area contributed by atoms with Gasteiger partial charge < -0.3 is 15.4 Å². The van der Waals surface area contributed by atoms with Crippen molar-refractivity contribution in [3.8, 4) is 0 Å². The van der Waals surface area contributed by atoms with Gasteiger partial charge in [-0.25, -0.2) is 9.59 Å². The normalized spacial score (nSPS) is 10.8. The maximum Gasteiger partial charge on any atom is 0.407 e. The second-order valence-corrected chi connectivity index (χ2v) is 4.33. The summed E-state index contributed by atoms with van der Waals surface area (Å²) in [5.74, 6) is 0. The van der Waals surface area contributed by atoms with Crippen LogP contribution in [-0.4, -0.2) is 41.1 Å². The first-order valence-corrected chi connectivity index (χ1v) is 5.63. The van der Waals surface area contributed by atoms with Gasteiger partial charge in [-0.1, -0.05) is 0 Å². The highest BCUT2D eigenvalue weighted by Crippen LogP contribution is 2.13. The minimum Gasteiger partial charge on any atom is -0.443 e. The van der Waals surface area contributed by atoms with E-state index in [1.807, 2.05) is 0 Å². The molecule has 1 rings (SSSR count). The number of alkyl carbamates (subject to hydrolysis) is 1. The van der Waals surface area contributed by atoms with Crippen LogP contribution in [0.2, 0.25) is 0 Å². The van der Waals surface area contributed by atoms with Crippen molar-refractivity contribution in [2.24, 2.45) is 0 Å². The minimum atomic E-state index is -0.641. The molecular formula is C11H18N4O3. The lowest BCUT2D eigenvalue weighted by molar-refractivity contribution is 0.0348. The van der Waals surface area contributed by atoms with E-state index in [1.54, 1.807) is 26.1 Å². The molecule has 0 saturated heterocycles. The topological polar surface area (TPSA) is 85.3 Å². The Kier molecular flexibility index (Phi) is 4.70. The fourth-order valence-corrected chi connectivity index (χ4v) is 1.29. The zero-order valence-electron chi connectivity index (χ0n) is 10.8. The molecule has 0 saturated carbocycles. The molecule has 0 aliphatic carbocycles. The van der Waals surface area contributed by atoms with E-state index in [1.165, 1.54) is 17.9 Å². The van der Waals surface area contributed by atoms with Gasteiger partial charge in [0, 0.05) is 32.4 Å². The molecule has 7 nitrogen and oxygen atoms in total. The lowest BCUT2D eigenvalue weighted by Crippen LogP contribution is -2.38. The lowest BCUT2D eigenvalue weighted by atomic mass is 10.1. The van der Waals surface area contributed by atoms with Crippen LogP contribution < -0.4 is 10.6 Å². The lowest BCUT2D eigenvalue weighted by Gasteiger charge is -2.24. The summed E-state index contributed by atoms with van der Waals surface area (Å²) >= 11 is 0. The third-order valence-electron chi connectivity index (χ3n) is 2.29. The molecule has 0 aliphatic rings. The third kappa shape index (κ3) is 4.44. The number of hydrogen-bond acceptors (Lipinski definition) is 4. The number of carbonyl (C=O) groups excluding carboxylic acids is 2. The number of ether oxygens (including phenoxy) is 1. The summed E-state index contributed by atoms with van der Waals surface area (Å²) in [7, 11) is 1.50. The zero-order valence-corrected chi connectivity index (χ0v) is 10.8. The van der Waals surface area contributed by atoms with Gasteiger partial charge in [-0.2, -0.15) is 9.78 Å². The first-order chi connectivity index (χ1) is 8.44. The van der Waals surface area contributed by atoms with Gasteiger partial charge in [0.25, 0.3) is 0 Å². The second kappa shape index (κ2) is 6.04. The van der Waals surface area contributed by atoms with Crippen LogP contribution in [0.15, 0.2) is 18.5 Å². The van der Waals surface area contributed by atoms with Crippen LogP contribution in [0.3, 0.4) is 0 Å². The molecule has 2 N–H and O–H groups in total. The molecule has 18 heavy (non-hydrogen) atoms. The Hall–Kier alpha value is -2.05. The Bertz CT molecular complexity index is 400. The number of nitrogens with zero attached hydrogens (tertiary/aromatic N) is 2. The maximum absolute atomic E-state index is 11.5. The van der Waals surface area contributed by atoms with E-state index in [0.717, 1.165) is 0 Å². The molecule has 2 amide bonds. The predicted octanol–water partition coefficient (Wildman–Crippen LogP) is 0.965. The Morgan fingerprint density at radius 3 is 2.72 bits per heavy atom. The van der Waals surface area contributed by atoms with Gasteiger partial charge in [0.2, 0.25) is 0 Å². The van der Waals surface area contributed by atoms with Gasteiger partial charge in [-0.05, 0) is 19.9 Å². The smallest absolute Gasteiger partial charge is 0.407 e. The molecule has 0 radical (unpaired) electrons. The van der Waals surface area contributed by atoms with Crippen molar-refractivity contribution < 1.29 is 14.3 Å². The van der Waals surface area contributed by atoms with Crippen LogP contribution in [0.25, 0.3) is 0 Å². The zero-order chi connectivity index (χ0) is 13.6. The largest absolute Gasteiger partial charge is 0.443 e. The molecule has 1 aromatic heterocycles. The average Bonchev–Trinajstić information content (AvgIpc) is 2.81. The van der Waals surface area contributed by atoms with Gasteiger partial charge in [-0.3, -0.25) is 0 Å². The monoisotopic (exact) mass is 254 g/mol. The van der Waals surface area contributed by atoms with Gasteiger partial charge in [0.15, 0.2) is 0 Å². The van der Waals surface area contributed by atoms with Crippen molar-refractivity contribution in [1.82, 2.24) is 20.4 Å². The molecule has 0 fully saturated rings. The van der Waals surface area contributed by atoms with Gasteiger partial charge in [0.05, 0.1) is 0 Å². The summed E-state index contributed by atoms with van der Waals surface area (Å²) < 4.78 is 6.34. The SMILES string of the molecule is CNC(=O)OC(C)(C)CCNC(=O)n1cccn1. The number of hydrogen-bond donors (Lipinski definition) is 2.